The minimum atomic E-state index is -0.720. The number of benzene rings is 2. The first-order valence-corrected chi connectivity index (χ1v) is 9.21. The lowest BCUT2D eigenvalue weighted by Crippen LogP contribution is -2.16. The van der Waals surface area contributed by atoms with E-state index in [2.05, 4.69) is 4.98 Å². The summed E-state index contributed by atoms with van der Waals surface area (Å²) in [6, 6.07) is 13.0. The number of hydrogen-bond donors (Lipinski definition) is 2. The summed E-state index contributed by atoms with van der Waals surface area (Å²) in [6.07, 6.45) is 0. The van der Waals surface area contributed by atoms with E-state index in [1.807, 2.05) is 12.1 Å². The van der Waals surface area contributed by atoms with Crippen molar-refractivity contribution in [2.45, 2.75) is 13.5 Å². The van der Waals surface area contributed by atoms with E-state index in [-0.39, 0.29) is 40.6 Å². The first-order valence-electron chi connectivity index (χ1n) is 9.21. The van der Waals surface area contributed by atoms with Gasteiger partial charge in [-0.15, -0.1) is 0 Å². The van der Waals surface area contributed by atoms with Gasteiger partial charge in [-0.1, -0.05) is 12.1 Å². The van der Waals surface area contributed by atoms with Gasteiger partial charge in [0.1, 0.15) is 41.4 Å². The fraction of sp³-hybridized carbons (Fsp3) is 0.136. The van der Waals surface area contributed by atoms with Gasteiger partial charge in [0.15, 0.2) is 5.75 Å². The van der Waals surface area contributed by atoms with Gasteiger partial charge < -0.3 is 20.2 Å². The maximum absolute atomic E-state index is 12.2. The summed E-state index contributed by atoms with van der Waals surface area (Å²) >= 11 is 0. The summed E-state index contributed by atoms with van der Waals surface area (Å²) < 4.78 is 11.0. The molecule has 3 aromatic rings. The van der Waals surface area contributed by atoms with E-state index in [1.54, 1.807) is 31.2 Å². The van der Waals surface area contributed by atoms with Crippen LogP contribution < -0.4 is 20.8 Å². The van der Waals surface area contributed by atoms with E-state index in [9.17, 15) is 25.4 Å². The second-order valence-electron chi connectivity index (χ2n) is 6.76. The van der Waals surface area contributed by atoms with Crippen LogP contribution in [0.1, 0.15) is 22.3 Å². The zero-order valence-corrected chi connectivity index (χ0v) is 17.1. The molecule has 0 aliphatic carbocycles. The number of rotatable bonds is 6. The van der Waals surface area contributed by atoms with Crippen molar-refractivity contribution in [3.8, 4) is 34.8 Å². The Morgan fingerprint density at radius 2 is 1.81 bits per heavy atom. The molecule has 0 unspecified atom stereocenters. The fourth-order valence-corrected chi connectivity index (χ4v) is 3.23. The summed E-state index contributed by atoms with van der Waals surface area (Å²) in [5.74, 6) is 0.331. The molecule has 0 saturated heterocycles. The SMILES string of the molecule is COc1ccc(-c2c(C#N)c(N)[nH]c(=O)c2C#N)cc1COc1ccc(C)cc1[N+](=O)[O-]. The molecule has 2 aromatic carbocycles. The van der Waals surface area contributed by atoms with E-state index in [0.29, 0.717) is 22.4 Å². The number of aromatic amines is 1. The lowest BCUT2D eigenvalue weighted by molar-refractivity contribution is -0.386. The smallest absolute Gasteiger partial charge is 0.311 e. The maximum atomic E-state index is 12.2. The van der Waals surface area contributed by atoms with Gasteiger partial charge in [-0.05, 0) is 36.2 Å². The van der Waals surface area contributed by atoms with Gasteiger partial charge in [0.05, 0.1) is 12.0 Å². The van der Waals surface area contributed by atoms with E-state index in [1.165, 1.54) is 19.2 Å². The number of nitrogens with one attached hydrogen (secondary N) is 1. The largest absolute Gasteiger partial charge is 0.496 e. The summed E-state index contributed by atoms with van der Waals surface area (Å²) in [5.41, 5.74) is 6.21. The number of nitro groups is 1. The summed E-state index contributed by atoms with van der Waals surface area (Å²) in [6.45, 7) is 1.62. The second-order valence-corrected chi connectivity index (χ2v) is 6.76. The topological polar surface area (TPSA) is 168 Å². The Kier molecular flexibility index (Phi) is 6.08. The minimum Gasteiger partial charge on any atom is -0.496 e. The zero-order chi connectivity index (χ0) is 23.4. The van der Waals surface area contributed by atoms with Crippen LogP contribution in [-0.2, 0) is 6.61 Å². The molecule has 1 heterocycles. The monoisotopic (exact) mass is 431 g/mol. The highest BCUT2D eigenvalue weighted by molar-refractivity contribution is 5.80. The Morgan fingerprint density at radius 3 is 2.44 bits per heavy atom. The van der Waals surface area contributed by atoms with Crippen LogP contribution in [0.25, 0.3) is 11.1 Å². The normalized spacial score (nSPS) is 10.1. The van der Waals surface area contributed by atoms with Crippen LogP contribution in [0.15, 0.2) is 41.2 Å². The van der Waals surface area contributed by atoms with Crippen LogP contribution in [0.5, 0.6) is 11.5 Å². The van der Waals surface area contributed by atoms with Gasteiger partial charge in [0.2, 0.25) is 0 Å². The molecule has 0 bridgehead atoms. The van der Waals surface area contributed by atoms with Crippen LogP contribution in [0, 0.1) is 39.7 Å². The van der Waals surface area contributed by atoms with Gasteiger partial charge in [0.25, 0.3) is 5.56 Å². The third-order valence-corrected chi connectivity index (χ3v) is 4.73. The number of nitrogens with zero attached hydrogens (tertiary/aromatic N) is 3. The van der Waals surface area contributed by atoms with E-state index >= 15 is 0 Å². The number of nitrogens with two attached hydrogens (primary N) is 1. The number of anilines is 1. The molecule has 0 amide bonds. The Morgan fingerprint density at radius 1 is 1.12 bits per heavy atom. The van der Waals surface area contributed by atoms with Crippen molar-refractivity contribution in [2.24, 2.45) is 0 Å². The molecule has 0 aliphatic rings. The average molecular weight is 431 g/mol. The Hall–Kier alpha value is -4.83. The highest BCUT2D eigenvalue weighted by atomic mass is 16.6. The van der Waals surface area contributed by atoms with Crippen molar-refractivity contribution in [1.29, 1.82) is 10.5 Å². The molecule has 0 atom stereocenters. The van der Waals surface area contributed by atoms with E-state index in [4.69, 9.17) is 15.2 Å². The number of ether oxygens (including phenoxy) is 2. The van der Waals surface area contributed by atoms with Gasteiger partial charge >= 0.3 is 5.69 Å². The summed E-state index contributed by atoms with van der Waals surface area (Å²) in [4.78, 5) is 25.3. The Labute approximate surface area is 182 Å². The third-order valence-electron chi connectivity index (χ3n) is 4.73. The van der Waals surface area contributed by atoms with Crippen molar-refractivity contribution < 1.29 is 14.4 Å². The Balaban J connectivity index is 2.10. The van der Waals surface area contributed by atoms with Crippen molar-refractivity contribution in [2.75, 3.05) is 12.8 Å². The van der Waals surface area contributed by atoms with Crippen LogP contribution in [0.2, 0.25) is 0 Å². The number of H-pyrrole nitrogens is 1. The quantitative estimate of drug-likeness (QED) is 0.443. The van der Waals surface area contributed by atoms with Crippen LogP contribution in [0.3, 0.4) is 0 Å². The van der Waals surface area contributed by atoms with E-state index < -0.39 is 10.5 Å². The number of nitriles is 2. The Bertz CT molecular complexity index is 1360. The molecule has 1 aromatic heterocycles. The highest BCUT2D eigenvalue weighted by Gasteiger charge is 2.20. The van der Waals surface area contributed by atoms with Gasteiger partial charge in [-0.2, -0.15) is 10.5 Å². The summed E-state index contributed by atoms with van der Waals surface area (Å²) in [7, 11) is 1.44. The second kappa shape index (κ2) is 8.90. The molecule has 32 heavy (non-hydrogen) atoms. The number of nitrogen functional groups attached to an aromatic ring is 1. The number of aromatic nitrogens is 1. The minimum absolute atomic E-state index is 0.0487. The van der Waals surface area contributed by atoms with Crippen molar-refractivity contribution in [3.63, 3.8) is 0 Å². The molecular weight excluding hydrogens is 414 g/mol. The maximum Gasteiger partial charge on any atom is 0.311 e. The number of pyridine rings is 1. The first kappa shape index (κ1) is 21.9. The summed E-state index contributed by atoms with van der Waals surface area (Å²) in [5, 5.41) is 30.3. The van der Waals surface area contributed by atoms with Crippen LogP contribution in [-0.4, -0.2) is 17.0 Å². The number of aryl methyl sites for hydroxylation is 1. The molecular formula is C22H17N5O5. The number of hydrogen-bond acceptors (Lipinski definition) is 8. The molecule has 10 heteroatoms. The first-order chi connectivity index (χ1) is 15.3. The fourth-order valence-electron chi connectivity index (χ4n) is 3.23. The lowest BCUT2D eigenvalue weighted by atomic mass is 9.95. The molecule has 3 N–H and O–H groups in total. The predicted molar refractivity (Wildman–Crippen MR) is 115 cm³/mol. The predicted octanol–water partition coefficient (Wildman–Crippen LogP) is 3.17. The molecule has 0 saturated carbocycles. The molecule has 0 fully saturated rings. The third kappa shape index (κ3) is 4.06. The number of nitro benzene ring substituents is 1. The van der Waals surface area contributed by atoms with Gasteiger partial charge in [-0.3, -0.25) is 14.9 Å². The van der Waals surface area contributed by atoms with E-state index in [0.717, 1.165) is 0 Å². The molecule has 10 nitrogen and oxygen atoms in total. The molecule has 0 spiro atoms. The van der Waals surface area contributed by atoms with Gasteiger partial charge in [-0.25, -0.2) is 0 Å². The molecule has 0 aliphatic heterocycles. The van der Waals surface area contributed by atoms with Crippen molar-refractivity contribution in [1.82, 2.24) is 4.98 Å². The van der Waals surface area contributed by atoms with Crippen molar-refractivity contribution in [3.05, 3.63) is 79.1 Å². The molecule has 3 rings (SSSR count). The van der Waals surface area contributed by atoms with Gasteiger partial charge in [0, 0.05) is 17.2 Å². The molecule has 0 radical (unpaired) electrons. The van der Waals surface area contributed by atoms with Crippen molar-refractivity contribution >= 4 is 11.5 Å². The average Bonchev–Trinajstić information content (AvgIpc) is 2.77. The van der Waals surface area contributed by atoms with Crippen LogP contribution >= 0.6 is 0 Å². The lowest BCUT2D eigenvalue weighted by Gasteiger charge is -2.14. The standard InChI is InChI=1S/C22H17N5O5/c1-12-3-5-19(17(7-12)27(29)30)32-11-14-8-13(4-6-18(14)31-2)20-15(9-23)21(25)26-22(28)16(20)10-24/h3-8H,11H2,1-2H3,(H3,25,26,28). The van der Waals surface area contributed by atoms with Crippen LogP contribution in [0.4, 0.5) is 11.5 Å². The molecule has 160 valence electrons. The zero-order valence-electron chi connectivity index (χ0n) is 17.1. The number of methoxy groups -OCH3 is 1. The highest BCUT2D eigenvalue weighted by Crippen LogP contribution is 2.33.